The second-order valence-corrected chi connectivity index (χ2v) is 6.33. The van der Waals surface area contributed by atoms with Gasteiger partial charge in [0, 0.05) is 37.8 Å². The van der Waals surface area contributed by atoms with E-state index < -0.39 is 6.61 Å². The number of aliphatic imine (C=N–C) groups is 1. The summed E-state index contributed by atoms with van der Waals surface area (Å²) >= 11 is 5.96. The number of guanidine groups is 1. The van der Waals surface area contributed by atoms with E-state index >= 15 is 0 Å². The topological polar surface area (TPSA) is 64.1 Å². The van der Waals surface area contributed by atoms with Crippen LogP contribution in [0.1, 0.15) is 11.1 Å². The van der Waals surface area contributed by atoms with Crippen molar-refractivity contribution in [1.29, 1.82) is 0 Å². The highest BCUT2D eigenvalue weighted by molar-refractivity contribution is 6.30. The first-order valence-electron chi connectivity index (χ1n) is 8.90. The van der Waals surface area contributed by atoms with Gasteiger partial charge in [-0.3, -0.25) is 4.99 Å². The van der Waals surface area contributed by atoms with Gasteiger partial charge in [0.1, 0.15) is 18.1 Å². The maximum Gasteiger partial charge on any atom is 0.387 e. The van der Waals surface area contributed by atoms with E-state index in [4.69, 9.17) is 21.1 Å². The summed E-state index contributed by atoms with van der Waals surface area (Å²) in [5.74, 6) is 1.34. The number of ether oxygens (including phenoxy) is 3. The van der Waals surface area contributed by atoms with Gasteiger partial charge in [-0.05, 0) is 35.9 Å². The van der Waals surface area contributed by atoms with Crippen LogP contribution in [0.5, 0.6) is 11.5 Å². The van der Waals surface area contributed by atoms with Crippen LogP contribution in [-0.2, 0) is 17.8 Å². The highest BCUT2D eigenvalue weighted by Gasteiger charge is 2.11. The average Bonchev–Trinajstić information content (AvgIpc) is 2.71. The van der Waals surface area contributed by atoms with Crippen molar-refractivity contribution in [2.24, 2.45) is 4.99 Å². The zero-order valence-corrected chi connectivity index (χ0v) is 17.0. The fourth-order valence-electron chi connectivity index (χ4n) is 2.43. The van der Waals surface area contributed by atoms with Crippen LogP contribution in [0.15, 0.2) is 47.5 Å². The van der Waals surface area contributed by atoms with E-state index in [9.17, 15) is 8.78 Å². The average molecular weight is 428 g/mol. The molecule has 0 aliphatic rings. The highest BCUT2D eigenvalue weighted by Crippen LogP contribution is 2.24. The zero-order valence-electron chi connectivity index (χ0n) is 16.3. The number of benzene rings is 2. The van der Waals surface area contributed by atoms with Crippen LogP contribution in [0.3, 0.4) is 0 Å². The molecular formula is C20H24ClF2N3O3. The Morgan fingerprint density at radius 3 is 2.45 bits per heavy atom. The molecule has 0 unspecified atom stereocenters. The largest absolute Gasteiger partial charge is 0.491 e. The molecule has 0 saturated heterocycles. The van der Waals surface area contributed by atoms with E-state index in [2.05, 4.69) is 20.4 Å². The van der Waals surface area contributed by atoms with Gasteiger partial charge in [-0.2, -0.15) is 8.78 Å². The maximum atomic E-state index is 12.6. The Kier molecular flexibility index (Phi) is 9.46. The molecule has 0 fully saturated rings. The van der Waals surface area contributed by atoms with Crippen LogP contribution in [0.25, 0.3) is 0 Å². The first-order chi connectivity index (χ1) is 14.0. The second kappa shape index (κ2) is 12.1. The molecule has 0 spiro atoms. The van der Waals surface area contributed by atoms with E-state index in [0.29, 0.717) is 36.3 Å². The predicted octanol–water partition coefficient (Wildman–Crippen LogP) is 3.83. The zero-order chi connectivity index (χ0) is 21.1. The van der Waals surface area contributed by atoms with Crippen molar-refractivity contribution in [2.45, 2.75) is 19.7 Å². The fourth-order valence-corrected chi connectivity index (χ4v) is 2.62. The molecule has 0 amide bonds. The summed E-state index contributed by atoms with van der Waals surface area (Å²) in [4.78, 5) is 4.13. The Morgan fingerprint density at radius 2 is 1.79 bits per heavy atom. The first kappa shape index (κ1) is 22.7. The van der Waals surface area contributed by atoms with Gasteiger partial charge in [0.25, 0.3) is 0 Å². The van der Waals surface area contributed by atoms with Gasteiger partial charge in [0.05, 0.1) is 6.61 Å². The number of hydrogen-bond acceptors (Lipinski definition) is 4. The molecule has 29 heavy (non-hydrogen) atoms. The molecule has 2 aromatic carbocycles. The smallest absolute Gasteiger partial charge is 0.387 e. The number of rotatable bonds is 10. The lowest BCUT2D eigenvalue weighted by molar-refractivity contribution is -0.0504. The van der Waals surface area contributed by atoms with Gasteiger partial charge in [-0.1, -0.05) is 23.7 Å². The van der Waals surface area contributed by atoms with Gasteiger partial charge >= 0.3 is 6.61 Å². The number of halogens is 3. The number of nitrogens with zero attached hydrogens (tertiary/aromatic N) is 1. The number of hydrogen-bond donors (Lipinski definition) is 2. The molecular weight excluding hydrogens is 404 g/mol. The molecule has 2 N–H and O–H groups in total. The van der Waals surface area contributed by atoms with Crippen LogP contribution < -0.4 is 20.1 Å². The fraction of sp³-hybridized carbons (Fsp3) is 0.350. The Bertz CT molecular complexity index is 789. The molecule has 2 rings (SSSR count). The SMILES string of the molecule is CN=C(NCc1ccc(OCCOC)cc1)NCc1cc(Cl)ccc1OC(F)F. The van der Waals surface area contributed by atoms with E-state index in [1.807, 2.05) is 24.3 Å². The van der Waals surface area contributed by atoms with E-state index in [1.54, 1.807) is 20.2 Å². The van der Waals surface area contributed by atoms with Crippen LogP contribution in [0.4, 0.5) is 8.78 Å². The molecule has 0 aliphatic carbocycles. The van der Waals surface area contributed by atoms with Crippen molar-refractivity contribution in [3.05, 3.63) is 58.6 Å². The van der Waals surface area contributed by atoms with Gasteiger partial charge < -0.3 is 24.8 Å². The summed E-state index contributed by atoms with van der Waals surface area (Å²) in [5, 5.41) is 6.65. The van der Waals surface area contributed by atoms with Gasteiger partial charge in [-0.25, -0.2) is 0 Å². The lowest BCUT2D eigenvalue weighted by Crippen LogP contribution is -2.36. The highest BCUT2D eigenvalue weighted by atomic mass is 35.5. The van der Waals surface area contributed by atoms with E-state index in [1.165, 1.54) is 12.1 Å². The quantitative estimate of drug-likeness (QED) is 0.343. The van der Waals surface area contributed by atoms with Crippen LogP contribution >= 0.6 is 11.6 Å². The number of nitrogens with one attached hydrogen (secondary N) is 2. The van der Waals surface area contributed by atoms with E-state index in [-0.39, 0.29) is 12.3 Å². The molecule has 0 aromatic heterocycles. The summed E-state index contributed by atoms with van der Waals surface area (Å²) in [6, 6.07) is 12.1. The van der Waals surface area contributed by atoms with Crippen molar-refractivity contribution in [3.8, 4) is 11.5 Å². The van der Waals surface area contributed by atoms with Crippen LogP contribution in [0, 0.1) is 0 Å². The third-order valence-corrected chi connectivity index (χ3v) is 4.08. The summed E-state index contributed by atoms with van der Waals surface area (Å²) in [6.07, 6.45) is 0. The normalized spacial score (nSPS) is 11.4. The molecule has 158 valence electrons. The van der Waals surface area contributed by atoms with Crippen molar-refractivity contribution in [1.82, 2.24) is 10.6 Å². The Labute approximate surface area is 173 Å². The minimum absolute atomic E-state index is 0.0661. The van der Waals surface area contributed by atoms with Crippen molar-refractivity contribution >= 4 is 17.6 Å². The molecule has 0 atom stereocenters. The lowest BCUT2D eigenvalue weighted by Gasteiger charge is -2.15. The summed E-state index contributed by atoms with van der Waals surface area (Å²) in [5.41, 5.74) is 1.52. The molecule has 0 heterocycles. The van der Waals surface area contributed by atoms with Crippen LogP contribution in [0.2, 0.25) is 5.02 Å². The monoisotopic (exact) mass is 427 g/mol. The lowest BCUT2D eigenvalue weighted by atomic mass is 10.2. The maximum absolute atomic E-state index is 12.6. The minimum Gasteiger partial charge on any atom is -0.491 e. The summed E-state index contributed by atoms with van der Waals surface area (Å²) < 4.78 is 40.1. The molecule has 9 heteroatoms. The molecule has 0 saturated carbocycles. The predicted molar refractivity (Wildman–Crippen MR) is 109 cm³/mol. The molecule has 0 bridgehead atoms. The molecule has 6 nitrogen and oxygen atoms in total. The molecule has 0 aliphatic heterocycles. The van der Waals surface area contributed by atoms with E-state index in [0.717, 1.165) is 11.3 Å². The van der Waals surface area contributed by atoms with Crippen molar-refractivity contribution in [2.75, 3.05) is 27.4 Å². The number of methoxy groups -OCH3 is 1. The van der Waals surface area contributed by atoms with Gasteiger partial charge in [0.15, 0.2) is 5.96 Å². The summed E-state index contributed by atoms with van der Waals surface area (Å²) in [7, 11) is 3.24. The van der Waals surface area contributed by atoms with Gasteiger partial charge in [0.2, 0.25) is 0 Å². The van der Waals surface area contributed by atoms with Crippen LogP contribution in [-0.4, -0.2) is 39.9 Å². The Morgan fingerprint density at radius 1 is 1.07 bits per heavy atom. The summed E-state index contributed by atoms with van der Waals surface area (Å²) in [6.45, 7) is -1.15. The van der Waals surface area contributed by atoms with Crippen molar-refractivity contribution < 1.29 is 23.0 Å². The minimum atomic E-state index is -2.91. The second-order valence-electron chi connectivity index (χ2n) is 5.90. The third-order valence-electron chi connectivity index (χ3n) is 3.85. The Hall–Kier alpha value is -2.58. The van der Waals surface area contributed by atoms with Gasteiger partial charge in [-0.15, -0.1) is 0 Å². The molecule has 2 aromatic rings. The third kappa shape index (κ3) is 8.13. The molecule has 0 radical (unpaired) electrons. The first-order valence-corrected chi connectivity index (χ1v) is 9.28. The van der Waals surface area contributed by atoms with Crippen molar-refractivity contribution in [3.63, 3.8) is 0 Å². The standard InChI is InChI=1S/C20H24ClF2N3O3/c1-24-20(25-12-14-3-6-17(7-4-14)28-10-9-27-2)26-13-15-11-16(21)5-8-18(15)29-19(22)23/h3-8,11,19H,9-10,12-13H2,1-2H3,(H2,24,25,26). The number of alkyl halides is 2. The Balaban J connectivity index is 1.88.